The van der Waals surface area contributed by atoms with Crippen molar-refractivity contribution in [2.24, 2.45) is 0 Å². The number of fused-ring (bicyclic) bond motifs is 1. The summed E-state index contributed by atoms with van der Waals surface area (Å²) in [6, 6.07) is 0.538. The molecule has 0 unspecified atom stereocenters. The molecule has 26 heavy (non-hydrogen) atoms. The van der Waals surface area contributed by atoms with Crippen molar-refractivity contribution >= 4 is 10.0 Å². The van der Waals surface area contributed by atoms with E-state index in [0.717, 1.165) is 12.1 Å². The fourth-order valence-electron chi connectivity index (χ4n) is 2.34. The zero-order valence-electron chi connectivity index (χ0n) is 13.1. The van der Waals surface area contributed by atoms with Gasteiger partial charge in [-0.05, 0) is 32.0 Å². The molecule has 0 aliphatic carbocycles. The van der Waals surface area contributed by atoms with Gasteiger partial charge in [0.1, 0.15) is 23.2 Å². The van der Waals surface area contributed by atoms with Crippen LogP contribution in [0, 0.1) is 0 Å². The summed E-state index contributed by atoms with van der Waals surface area (Å²) in [6.07, 6.45) is -6.92. The van der Waals surface area contributed by atoms with Crippen LogP contribution >= 0.6 is 0 Å². The van der Waals surface area contributed by atoms with Crippen LogP contribution in [0.3, 0.4) is 0 Å². The number of ether oxygens (including phenoxy) is 2. The highest BCUT2D eigenvalue weighted by Crippen LogP contribution is 2.43. The molecule has 0 saturated heterocycles. The highest BCUT2D eigenvalue weighted by Gasteiger charge is 2.51. The van der Waals surface area contributed by atoms with Crippen molar-refractivity contribution in [2.45, 2.75) is 43.5 Å². The molecule has 13 heteroatoms. The van der Waals surface area contributed by atoms with E-state index in [1.165, 1.54) is 18.6 Å². The van der Waals surface area contributed by atoms with Crippen LogP contribution in [0.2, 0.25) is 0 Å². The van der Waals surface area contributed by atoms with E-state index in [2.05, 4.69) is 4.74 Å². The molecule has 0 radical (unpaired) electrons. The van der Waals surface area contributed by atoms with Gasteiger partial charge in [-0.2, -0.15) is 17.9 Å². The number of aliphatic hydroxyl groups excluding tert-OH is 1. The fraction of sp³-hybridized carbons (Fsp3) is 0.538. The van der Waals surface area contributed by atoms with Gasteiger partial charge < -0.3 is 14.6 Å². The highest BCUT2D eigenvalue weighted by atomic mass is 32.2. The topological polar surface area (TPSA) is 84.9 Å². The van der Waals surface area contributed by atoms with Gasteiger partial charge in [0.2, 0.25) is 0 Å². The summed E-state index contributed by atoms with van der Waals surface area (Å²) < 4.78 is 108. The third kappa shape index (κ3) is 4.15. The first kappa shape index (κ1) is 20.6. The maximum atomic E-state index is 12.6. The minimum atomic E-state index is -5.90. The standard InChI is InChI=1S/C13H13F6NO5S/c1-11(2)10(21)9(20-26(22,23)13(17,18)19)7-5-6(24-12(14,15)16)3-4-8(7)25-11/h3-5,9-10,20-21H,1-2H3/t9-,10+/m0/s1. The van der Waals surface area contributed by atoms with E-state index in [1.54, 1.807) is 0 Å². The average Bonchev–Trinajstić information content (AvgIpc) is 2.41. The van der Waals surface area contributed by atoms with E-state index in [1.807, 2.05) is 0 Å². The molecule has 0 bridgehead atoms. The van der Waals surface area contributed by atoms with Crippen LogP contribution in [0.1, 0.15) is 25.5 Å². The van der Waals surface area contributed by atoms with Gasteiger partial charge in [-0.3, -0.25) is 0 Å². The first-order chi connectivity index (χ1) is 11.5. The molecule has 2 N–H and O–H groups in total. The molecule has 1 aliphatic rings. The lowest BCUT2D eigenvalue weighted by molar-refractivity contribution is -0.274. The third-order valence-electron chi connectivity index (χ3n) is 3.54. The number of nitrogens with one attached hydrogen (secondary N) is 1. The number of hydrogen-bond acceptors (Lipinski definition) is 5. The van der Waals surface area contributed by atoms with E-state index in [0.29, 0.717) is 6.07 Å². The Hall–Kier alpha value is -1.73. The lowest BCUT2D eigenvalue weighted by Crippen LogP contribution is -2.54. The van der Waals surface area contributed by atoms with E-state index in [-0.39, 0.29) is 5.75 Å². The number of rotatable bonds is 3. The number of benzene rings is 1. The van der Waals surface area contributed by atoms with Crippen molar-refractivity contribution in [1.82, 2.24) is 4.72 Å². The molecule has 1 aliphatic heterocycles. The summed E-state index contributed by atoms with van der Waals surface area (Å²) in [4.78, 5) is 0. The SMILES string of the molecule is CC1(C)Oc2ccc(OC(F)(F)F)cc2[C@H](NS(=O)(=O)C(F)(F)F)[C@H]1O. The van der Waals surface area contributed by atoms with Gasteiger partial charge in [0.15, 0.2) is 0 Å². The Kier molecular flexibility index (Phi) is 4.88. The van der Waals surface area contributed by atoms with Crippen LogP contribution in [0.5, 0.6) is 11.5 Å². The molecule has 0 fully saturated rings. The summed E-state index contributed by atoms with van der Waals surface area (Å²) in [7, 11) is -5.90. The van der Waals surface area contributed by atoms with Crippen LogP contribution in [0.25, 0.3) is 0 Å². The van der Waals surface area contributed by atoms with Crippen molar-refractivity contribution in [2.75, 3.05) is 0 Å². The second kappa shape index (κ2) is 6.16. The lowest BCUT2D eigenvalue weighted by Gasteiger charge is -2.42. The highest BCUT2D eigenvalue weighted by molar-refractivity contribution is 7.90. The van der Waals surface area contributed by atoms with Gasteiger partial charge in [-0.1, -0.05) is 0 Å². The molecule has 1 heterocycles. The van der Waals surface area contributed by atoms with Crippen molar-refractivity contribution in [3.8, 4) is 11.5 Å². The Balaban J connectivity index is 2.52. The van der Waals surface area contributed by atoms with Crippen LogP contribution < -0.4 is 14.2 Å². The van der Waals surface area contributed by atoms with Crippen molar-refractivity contribution in [1.29, 1.82) is 0 Å². The number of alkyl halides is 6. The van der Waals surface area contributed by atoms with Gasteiger partial charge in [-0.25, -0.2) is 8.42 Å². The Morgan fingerprint density at radius 3 is 2.27 bits per heavy atom. The first-order valence-electron chi connectivity index (χ1n) is 6.89. The molecular formula is C13H13F6NO5S. The zero-order valence-corrected chi connectivity index (χ0v) is 14.0. The summed E-state index contributed by atoms with van der Waals surface area (Å²) in [5, 5.41) is 10.2. The molecular weight excluding hydrogens is 396 g/mol. The monoisotopic (exact) mass is 409 g/mol. The van der Waals surface area contributed by atoms with Crippen molar-refractivity contribution in [3.63, 3.8) is 0 Å². The van der Waals surface area contributed by atoms with E-state index >= 15 is 0 Å². The van der Waals surface area contributed by atoms with Crippen LogP contribution in [-0.4, -0.2) is 37.1 Å². The second-order valence-electron chi connectivity index (χ2n) is 5.94. The minimum Gasteiger partial charge on any atom is -0.485 e. The summed E-state index contributed by atoms with van der Waals surface area (Å²) >= 11 is 0. The number of sulfonamides is 1. The van der Waals surface area contributed by atoms with E-state index < -0.39 is 51.0 Å². The molecule has 0 saturated carbocycles. The molecule has 148 valence electrons. The summed E-state index contributed by atoms with van der Waals surface area (Å²) in [5.74, 6) is -1.02. The van der Waals surface area contributed by atoms with Crippen LogP contribution in [-0.2, 0) is 10.0 Å². The molecule has 2 rings (SSSR count). The second-order valence-corrected chi connectivity index (χ2v) is 7.65. The van der Waals surface area contributed by atoms with Crippen LogP contribution in [0.4, 0.5) is 26.3 Å². The Bertz CT molecular complexity index is 789. The number of halogens is 6. The van der Waals surface area contributed by atoms with Crippen LogP contribution in [0.15, 0.2) is 18.2 Å². The van der Waals surface area contributed by atoms with Crippen molar-refractivity contribution in [3.05, 3.63) is 23.8 Å². The van der Waals surface area contributed by atoms with E-state index in [4.69, 9.17) is 4.74 Å². The largest absolute Gasteiger partial charge is 0.573 e. The summed E-state index contributed by atoms with van der Waals surface area (Å²) in [6.45, 7) is 2.55. The van der Waals surface area contributed by atoms with Gasteiger partial charge >= 0.3 is 21.9 Å². The maximum Gasteiger partial charge on any atom is 0.573 e. The molecule has 2 atom stereocenters. The quantitative estimate of drug-likeness (QED) is 0.750. The molecule has 1 aromatic rings. The Labute approximate surface area is 143 Å². The first-order valence-corrected chi connectivity index (χ1v) is 8.37. The third-order valence-corrected chi connectivity index (χ3v) is 4.71. The van der Waals surface area contributed by atoms with Crippen molar-refractivity contribution < 1.29 is 49.3 Å². The molecule has 0 aromatic heterocycles. The minimum absolute atomic E-state index is 0.204. The Morgan fingerprint density at radius 1 is 1.19 bits per heavy atom. The molecule has 6 nitrogen and oxygen atoms in total. The molecule has 0 spiro atoms. The maximum absolute atomic E-state index is 12.6. The van der Waals surface area contributed by atoms with Gasteiger partial charge in [0, 0.05) is 5.56 Å². The number of aliphatic hydroxyl groups is 1. The number of hydrogen-bond donors (Lipinski definition) is 2. The normalized spacial score (nSPS) is 23.1. The predicted molar refractivity (Wildman–Crippen MR) is 74.7 cm³/mol. The molecule has 0 amide bonds. The van der Waals surface area contributed by atoms with Gasteiger partial charge in [0.25, 0.3) is 0 Å². The Morgan fingerprint density at radius 2 is 1.77 bits per heavy atom. The van der Waals surface area contributed by atoms with E-state index in [9.17, 15) is 39.9 Å². The molecule has 1 aromatic carbocycles. The zero-order chi connectivity index (χ0) is 20.1. The average molecular weight is 409 g/mol. The predicted octanol–water partition coefficient (Wildman–Crippen LogP) is 2.60. The fourth-order valence-corrected chi connectivity index (χ4v) is 3.06. The van der Waals surface area contributed by atoms with Gasteiger partial charge in [0.05, 0.1) is 6.04 Å². The van der Waals surface area contributed by atoms with Gasteiger partial charge in [-0.15, -0.1) is 13.2 Å². The lowest BCUT2D eigenvalue weighted by atomic mass is 9.87. The smallest absolute Gasteiger partial charge is 0.485 e. The summed E-state index contributed by atoms with van der Waals surface area (Å²) in [5.41, 5.74) is -7.65.